The molecule has 0 saturated heterocycles. The van der Waals surface area contributed by atoms with Crippen LogP contribution in [0.25, 0.3) is 11.3 Å². The van der Waals surface area contributed by atoms with Crippen LogP contribution in [0.3, 0.4) is 0 Å². The van der Waals surface area contributed by atoms with Gasteiger partial charge in [-0.3, -0.25) is 10.1 Å². The molecule has 1 aromatic carbocycles. The minimum absolute atomic E-state index is 0.165. The van der Waals surface area contributed by atoms with E-state index in [9.17, 15) is 4.79 Å². The molecule has 4 nitrogen and oxygen atoms in total. The van der Waals surface area contributed by atoms with Crippen LogP contribution in [-0.2, 0) is 0 Å². The average Bonchev–Trinajstić information content (AvgIpc) is 3.23. The first kappa shape index (κ1) is 19.5. The Labute approximate surface area is 176 Å². The van der Waals surface area contributed by atoms with Crippen LogP contribution >= 0.6 is 54.5 Å². The van der Waals surface area contributed by atoms with E-state index in [0.717, 1.165) is 44.7 Å². The first-order valence-electron chi connectivity index (χ1n) is 8.01. The van der Waals surface area contributed by atoms with E-state index >= 15 is 0 Å². The van der Waals surface area contributed by atoms with Crippen LogP contribution in [0.1, 0.15) is 29.4 Å². The van der Waals surface area contributed by atoms with Crippen LogP contribution in [0.2, 0.25) is 0 Å². The standard InChI is InChI=1S/C18H16Br2N2O2S2/c1-2-3-8-24-12-6-4-11(5-7-12)14-10-25-18(21-14)22-17(23)15-9-13(19)16(20)26-15/h4-7,9-10H,2-3,8H2,1H3,(H,21,22,23). The van der Waals surface area contributed by atoms with Gasteiger partial charge >= 0.3 is 0 Å². The summed E-state index contributed by atoms with van der Waals surface area (Å²) in [4.78, 5) is 17.4. The topological polar surface area (TPSA) is 51.2 Å². The van der Waals surface area contributed by atoms with E-state index in [2.05, 4.69) is 49.1 Å². The van der Waals surface area contributed by atoms with Gasteiger partial charge in [0.15, 0.2) is 5.13 Å². The summed E-state index contributed by atoms with van der Waals surface area (Å²) in [7, 11) is 0. The Morgan fingerprint density at radius 2 is 2.04 bits per heavy atom. The van der Waals surface area contributed by atoms with Gasteiger partial charge in [-0.25, -0.2) is 4.98 Å². The summed E-state index contributed by atoms with van der Waals surface area (Å²) in [5.41, 5.74) is 1.82. The van der Waals surface area contributed by atoms with E-state index in [1.54, 1.807) is 6.07 Å². The molecule has 0 unspecified atom stereocenters. The van der Waals surface area contributed by atoms with Crippen LogP contribution in [0.4, 0.5) is 5.13 Å². The quantitative estimate of drug-likeness (QED) is 0.351. The molecule has 1 N–H and O–H groups in total. The van der Waals surface area contributed by atoms with Gasteiger partial charge in [-0.05, 0) is 68.6 Å². The van der Waals surface area contributed by atoms with Gasteiger partial charge in [0, 0.05) is 15.4 Å². The van der Waals surface area contributed by atoms with E-state index in [4.69, 9.17) is 4.74 Å². The van der Waals surface area contributed by atoms with Gasteiger partial charge < -0.3 is 4.74 Å². The van der Waals surface area contributed by atoms with E-state index in [1.165, 1.54) is 22.7 Å². The Balaban J connectivity index is 1.64. The SMILES string of the molecule is CCCCOc1ccc(-c2csc(NC(=O)c3cc(Br)c(Br)s3)n2)cc1. The zero-order valence-corrected chi connectivity index (χ0v) is 18.7. The maximum Gasteiger partial charge on any atom is 0.267 e. The lowest BCUT2D eigenvalue weighted by Gasteiger charge is -2.05. The Hall–Kier alpha value is -1.22. The highest BCUT2D eigenvalue weighted by Crippen LogP contribution is 2.33. The molecule has 2 heterocycles. The van der Waals surface area contributed by atoms with Crippen LogP contribution in [-0.4, -0.2) is 17.5 Å². The zero-order chi connectivity index (χ0) is 18.5. The second-order valence-electron chi connectivity index (χ2n) is 5.45. The number of carbonyl (C=O) groups excluding carboxylic acids is 1. The molecule has 2 aromatic heterocycles. The Kier molecular flexibility index (Phi) is 6.86. The van der Waals surface area contributed by atoms with Crippen molar-refractivity contribution in [1.29, 1.82) is 0 Å². The molecule has 1 amide bonds. The maximum atomic E-state index is 12.3. The van der Waals surface area contributed by atoms with Crippen molar-refractivity contribution in [3.8, 4) is 17.0 Å². The normalized spacial score (nSPS) is 10.7. The van der Waals surface area contributed by atoms with Gasteiger partial charge in [-0.1, -0.05) is 13.3 Å². The number of hydrogen-bond acceptors (Lipinski definition) is 5. The second kappa shape index (κ2) is 9.12. The van der Waals surface area contributed by atoms with Crippen LogP contribution in [0, 0.1) is 0 Å². The molecule has 0 atom stereocenters. The fraction of sp³-hybridized carbons (Fsp3) is 0.222. The molecule has 0 fully saturated rings. The molecular weight excluding hydrogens is 500 g/mol. The van der Waals surface area contributed by atoms with E-state index < -0.39 is 0 Å². The van der Waals surface area contributed by atoms with Crippen LogP contribution < -0.4 is 10.1 Å². The molecule has 0 aliphatic heterocycles. The number of anilines is 1. The summed E-state index contributed by atoms with van der Waals surface area (Å²) >= 11 is 9.57. The van der Waals surface area contributed by atoms with Crippen molar-refractivity contribution in [2.75, 3.05) is 11.9 Å². The lowest BCUT2D eigenvalue weighted by Crippen LogP contribution is -2.09. The molecule has 0 aliphatic rings. The summed E-state index contributed by atoms with van der Waals surface area (Å²) in [6, 6.07) is 9.65. The second-order valence-corrected chi connectivity index (χ2v) is 9.53. The third kappa shape index (κ3) is 4.94. The Morgan fingerprint density at radius 3 is 2.69 bits per heavy atom. The van der Waals surface area contributed by atoms with Gasteiger partial charge in [0.2, 0.25) is 0 Å². The van der Waals surface area contributed by atoms with Crippen LogP contribution in [0.5, 0.6) is 5.75 Å². The fourth-order valence-corrected chi connectivity index (χ4v) is 4.78. The van der Waals surface area contributed by atoms with Crippen molar-refractivity contribution < 1.29 is 9.53 Å². The van der Waals surface area contributed by atoms with Crippen molar-refractivity contribution in [3.05, 3.63) is 48.8 Å². The number of halogens is 2. The van der Waals surface area contributed by atoms with Gasteiger partial charge in [-0.2, -0.15) is 0 Å². The first-order valence-corrected chi connectivity index (χ1v) is 11.3. The van der Waals surface area contributed by atoms with Crippen molar-refractivity contribution in [2.24, 2.45) is 0 Å². The molecule has 3 aromatic rings. The number of nitrogens with zero attached hydrogens (tertiary/aromatic N) is 1. The summed E-state index contributed by atoms with van der Waals surface area (Å²) in [6.45, 7) is 2.87. The number of thiophene rings is 1. The molecule has 0 spiro atoms. The van der Waals surface area contributed by atoms with Crippen molar-refractivity contribution >= 4 is 65.6 Å². The molecule has 26 heavy (non-hydrogen) atoms. The highest BCUT2D eigenvalue weighted by molar-refractivity contribution is 9.13. The molecule has 0 aliphatic carbocycles. The average molecular weight is 516 g/mol. The minimum atomic E-state index is -0.165. The largest absolute Gasteiger partial charge is 0.494 e. The summed E-state index contributed by atoms with van der Waals surface area (Å²) in [5.74, 6) is 0.696. The molecule has 3 rings (SSSR count). The van der Waals surface area contributed by atoms with Crippen molar-refractivity contribution in [2.45, 2.75) is 19.8 Å². The fourth-order valence-electron chi connectivity index (χ4n) is 2.14. The number of benzene rings is 1. The van der Waals surface area contributed by atoms with Crippen molar-refractivity contribution in [1.82, 2.24) is 4.98 Å². The Morgan fingerprint density at radius 1 is 1.27 bits per heavy atom. The number of aromatic nitrogens is 1. The molecule has 0 bridgehead atoms. The summed E-state index contributed by atoms with van der Waals surface area (Å²) in [6.07, 6.45) is 2.17. The Bertz CT molecular complexity index is 871. The lowest BCUT2D eigenvalue weighted by atomic mass is 10.2. The number of thiazole rings is 1. The number of amides is 1. The van der Waals surface area contributed by atoms with Crippen molar-refractivity contribution in [3.63, 3.8) is 0 Å². The number of rotatable bonds is 7. The minimum Gasteiger partial charge on any atom is -0.494 e. The van der Waals surface area contributed by atoms with Crippen LogP contribution in [0.15, 0.2) is 44.0 Å². The summed E-state index contributed by atoms with van der Waals surface area (Å²) in [5, 5.41) is 5.36. The zero-order valence-electron chi connectivity index (χ0n) is 13.9. The number of hydrogen-bond donors (Lipinski definition) is 1. The highest BCUT2D eigenvalue weighted by atomic mass is 79.9. The number of carbonyl (C=O) groups is 1. The molecule has 0 saturated carbocycles. The first-order chi connectivity index (χ1) is 12.6. The predicted molar refractivity (Wildman–Crippen MR) is 116 cm³/mol. The van der Waals surface area contributed by atoms with Gasteiger partial charge in [-0.15, -0.1) is 22.7 Å². The van der Waals surface area contributed by atoms with E-state index in [-0.39, 0.29) is 5.91 Å². The predicted octanol–water partition coefficient (Wildman–Crippen LogP) is 6.83. The smallest absolute Gasteiger partial charge is 0.267 e. The molecule has 136 valence electrons. The lowest BCUT2D eigenvalue weighted by molar-refractivity contribution is 0.103. The molecule has 0 radical (unpaired) electrons. The monoisotopic (exact) mass is 514 g/mol. The summed E-state index contributed by atoms with van der Waals surface area (Å²) < 4.78 is 7.44. The van der Waals surface area contributed by atoms with E-state index in [0.29, 0.717) is 10.0 Å². The number of ether oxygens (including phenoxy) is 1. The highest BCUT2D eigenvalue weighted by Gasteiger charge is 2.14. The van der Waals surface area contributed by atoms with Gasteiger partial charge in [0.05, 0.1) is 21.0 Å². The third-order valence-corrected chi connectivity index (χ3v) is 7.52. The molecule has 8 heteroatoms. The van der Waals surface area contributed by atoms with E-state index in [1.807, 2.05) is 29.6 Å². The molecular formula is C18H16Br2N2O2S2. The van der Waals surface area contributed by atoms with Gasteiger partial charge in [0.25, 0.3) is 5.91 Å². The third-order valence-electron chi connectivity index (χ3n) is 3.51. The van der Waals surface area contributed by atoms with Gasteiger partial charge in [0.1, 0.15) is 5.75 Å². The maximum absolute atomic E-state index is 12.3. The number of unbranched alkanes of at least 4 members (excludes halogenated alkanes) is 1. The number of nitrogens with one attached hydrogen (secondary N) is 1.